The Morgan fingerprint density at radius 2 is 1.77 bits per heavy atom. The van der Waals surface area contributed by atoms with Crippen LogP contribution in [-0.4, -0.2) is 43.6 Å². The lowest BCUT2D eigenvalue weighted by molar-refractivity contribution is 0.0746. The van der Waals surface area contributed by atoms with Crippen molar-refractivity contribution in [3.63, 3.8) is 0 Å². The average Bonchev–Trinajstić information content (AvgIpc) is 2.68. The molecule has 0 atom stereocenters. The van der Waals surface area contributed by atoms with Crippen molar-refractivity contribution in [2.75, 3.05) is 37.7 Å². The van der Waals surface area contributed by atoms with E-state index in [1.807, 2.05) is 29.2 Å². The topological polar surface area (TPSA) is 32.8 Å². The van der Waals surface area contributed by atoms with E-state index < -0.39 is 0 Å². The fourth-order valence-electron chi connectivity index (χ4n) is 3.35. The number of benzene rings is 2. The van der Waals surface area contributed by atoms with Gasteiger partial charge in [-0.25, -0.2) is 0 Å². The van der Waals surface area contributed by atoms with E-state index in [-0.39, 0.29) is 5.91 Å². The second kappa shape index (κ2) is 8.26. The molecule has 0 aliphatic carbocycles. The number of amides is 1. The molecule has 0 aromatic heterocycles. The van der Waals surface area contributed by atoms with E-state index in [0.717, 1.165) is 38.3 Å². The maximum absolute atomic E-state index is 12.8. The zero-order valence-electron chi connectivity index (χ0n) is 16.0. The van der Waals surface area contributed by atoms with Gasteiger partial charge < -0.3 is 14.5 Å². The lowest BCUT2D eigenvalue weighted by Gasteiger charge is -2.37. The summed E-state index contributed by atoms with van der Waals surface area (Å²) in [5, 5.41) is 0. The van der Waals surface area contributed by atoms with Gasteiger partial charge in [0.1, 0.15) is 5.75 Å². The molecular formula is C22H28N2O2. The zero-order valence-corrected chi connectivity index (χ0v) is 16.0. The number of piperazine rings is 1. The Labute approximate surface area is 156 Å². The van der Waals surface area contributed by atoms with Gasteiger partial charge in [0.2, 0.25) is 0 Å². The Bertz CT molecular complexity index is 764. The maximum atomic E-state index is 12.8. The molecule has 0 bridgehead atoms. The second-order valence-electron chi connectivity index (χ2n) is 6.87. The van der Waals surface area contributed by atoms with Crippen molar-refractivity contribution in [3.8, 4) is 5.75 Å². The maximum Gasteiger partial charge on any atom is 0.254 e. The summed E-state index contributed by atoms with van der Waals surface area (Å²) in [4.78, 5) is 17.2. The summed E-state index contributed by atoms with van der Waals surface area (Å²) < 4.78 is 5.65. The van der Waals surface area contributed by atoms with Crippen molar-refractivity contribution >= 4 is 11.6 Å². The van der Waals surface area contributed by atoms with Crippen molar-refractivity contribution in [1.29, 1.82) is 0 Å². The van der Waals surface area contributed by atoms with E-state index in [4.69, 9.17) is 4.74 Å². The molecule has 3 rings (SSSR count). The summed E-state index contributed by atoms with van der Waals surface area (Å²) in [5.41, 5.74) is 4.63. The summed E-state index contributed by atoms with van der Waals surface area (Å²) in [6, 6.07) is 14.0. The summed E-state index contributed by atoms with van der Waals surface area (Å²) in [5.74, 6) is 0.860. The number of aryl methyl sites for hydroxylation is 1. The predicted molar refractivity (Wildman–Crippen MR) is 106 cm³/mol. The highest BCUT2D eigenvalue weighted by molar-refractivity contribution is 5.94. The van der Waals surface area contributed by atoms with Crippen molar-refractivity contribution in [1.82, 2.24) is 4.90 Å². The van der Waals surface area contributed by atoms with Crippen LogP contribution >= 0.6 is 0 Å². The highest BCUT2D eigenvalue weighted by Crippen LogP contribution is 2.24. The predicted octanol–water partition coefficient (Wildman–Crippen LogP) is 4.05. The van der Waals surface area contributed by atoms with Crippen LogP contribution in [0.4, 0.5) is 5.69 Å². The summed E-state index contributed by atoms with van der Waals surface area (Å²) in [7, 11) is 0. The van der Waals surface area contributed by atoms with Crippen molar-refractivity contribution < 1.29 is 9.53 Å². The van der Waals surface area contributed by atoms with Crippen LogP contribution in [0.3, 0.4) is 0 Å². The van der Waals surface area contributed by atoms with Gasteiger partial charge >= 0.3 is 0 Å². The molecular weight excluding hydrogens is 324 g/mol. The number of anilines is 1. The third kappa shape index (κ3) is 4.01. The summed E-state index contributed by atoms with van der Waals surface area (Å²) >= 11 is 0. The highest BCUT2D eigenvalue weighted by atomic mass is 16.5. The first kappa shape index (κ1) is 18.3. The number of rotatable bonds is 5. The van der Waals surface area contributed by atoms with E-state index in [1.165, 1.54) is 16.8 Å². The van der Waals surface area contributed by atoms with Crippen LogP contribution < -0.4 is 9.64 Å². The Morgan fingerprint density at radius 1 is 1.04 bits per heavy atom. The van der Waals surface area contributed by atoms with Crippen LogP contribution in [-0.2, 0) is 0 Å². The highest BCUT2D eigenvalue weighted by Gasteiger charge is 2.23. The number of carbonyl (C=O) groups is 1. The normalized spacial score (nSPS) is 14.4. The molecule has 4 heteroatoms. The molecule has 0 saturated carbocycles. The van der Waals surface area contributed by atoms with E-state index in [2.05, 4.69) is 43.9 Å². The van der Waals surface area contributed by atoms with Gasteiger partial charge in [-0.2, -0.15) is 0 Å². The fraction of sp³-hybridized carbons (Fsp3) is 0.409. The fourth-order valence-corrected chi connectivity index (χ4v) is 3.35. The molecule has 138 valence electrons. The van der Waals surface area contributed by atoms with E-state index in [0.29, 0.717) is 12.2 Å². The van der Waals surface area contributed by atoms with Crippen LogP contribution in [0.15, 0.2) is 42.5 Å². The van der Waals surface area contributed by atoms with E-state index in [1.54, 1.807) is 0 Å². The van der Waals surface area contributed by atoms with Crippen LogP contribution in [0.1, 0.15) is 34.8 Å². The average molecular weight is 352 g/mol. The van der Waals surface area contributed by atoms with Gasteiger partial charge in [-0.15, -0.1) is 0 Å². The molecule has 2 aromatic carbocycles. The zero-order chi connectivity index (χ0) is 18.5. The third-order valence-corrected chi connectivity index (χ3v) is 5.04. The monoisotopic (exact) mass is 352 g/mol. The standard InChI is InChI=1S/C22H28N2O2/c1-4-15-26-20-9-6-8-19(16-20)22(25)24-13-11-23(12-14-24)21-10-5-7-17(2)18(21)3/h5-10,16H,4,11-15H2,1-3H3. The van der Waals surface area contributed by atoms with Crippen LogP contribution in [0, 0.1) is 13.8 Å². The van der Waals surface area contributed by atoms with Gasteiger partial charge in [-0.1, -0.05) is 25.1 Å². The van der Waals surface area contributed by atoms with E-state index in [9.17, 15) is 4.79 Å². The summed E-state index contributed by atoms with van der Waals surface area (Å²) in [6.07, 6.45) is 0.957. The Balaban J connectivity index is 1.64. The van der Waals surface area contributed by atoms with Crippen molar-refractivity contribution in [2.24, 2.45) is 0 Å². The number of hydrogen-bond donors (Lipinski definition) is 0. The molecule has 1 aliphatic rings. The van der Waals surface area contributed by atoms with Crippen LogP contribution in [0.2, 0.25) is 0 Å². The van der Waals surface area contributed by atoms with Crippen LogP contribution in [0.25, 0.3) is 0 Å². The SMILES string of the molecule is CCCOc1cccc(C(=O)N2CCN(c3cccc(C)c3C)CC2)c1. The summed E-state index contributed by atoms with van der Waals surface area (Å²) in [6.45, 7) is 10.3. The molecule has 0 radical (unpaired) electrons. The molecule has 1 amide bonds. The molecule has 26 heavy (non-hydrogen) atoms. The molecule has 1 heterocycles. The first-order valence-electron chi connectivity index (χ1n) is 9.43. The third-order valence-electron chi connectivity index (χ3n) is 5.04. The first-order valence-corrected chi connectivity index (χ1v) is 9.43. The second-order valence-corrected chi connectivity index (χ2v) is 6.87. The minimum absolute atomic E-state index is 0.0903. The van der Waals surface area contributed by atoms with Gasteiger partial charge in [-0.3, -0.25) is 4.79 Å². The van der Waals surface area contributed by atoms with Crippen molar-refractivity contribution in [2.45, 2.75) is 27.2 Å². The van der Waals surface area contributed by atoms with Crippen molar-refractivity contribution in [3.05, 3.63) is 59.2 Å². The minimum atomic E-state index is 0.0903. The Kier molecular flexibility index (Phi) is 5.82. The Morgan fingerprint density at radius 3 is 2.50 bits per heavy atom. The lowest BCUT2D eigenvalue weighted by Crippen LogP contribution is -2.49. The van der Waals surface area contributed by atoms with Gasteiger partial charge in [0, 0.05) is 37.4 Å². The molecule has 1 aliphatic heterocycles. The molecule has 0 spiro atoms. The van der Waals surface area contributed by atoms with Gasteiger partial charge in [0.15, 0.2) is 0 Å². The first-order chi connectivity index (χ1) is 12.6. The molecule has 0 N–H and O–H groups in total. The largest absolute Gasteiger partial charge is 0.494 e. The quantitative estimate of drug-likeness (QED) is 0.814. The number of nitrogens with zero attached hydrogens (tertiary/aromatic N) is 2. The van der Waals surface area contributed by atoms with Gasteiger partial charge in [-0.05, 0) is 55.7 Å². The minimum Gasteiger partial charge on any atom is -0.494 e. The Hall–Kier alpha value is -2.49. The lowest BCUT2D eigenvalue weighted by atomic mass is 10.1. The molecule has 1 fully saturated rings. The molecule has 1 saturated heterocycles. The molecule has 2 aromatic rings. The van der Waals surface area contributed by atoms with Crippen LogP contribution in [0.5, 0.6) is 5.75 Å². The number of hydrogen-bond acceptors (Lipinski definition) is 3. The smallest absolute Gasteiger partial charge is 0.254 e. The van der Waals surface area contributed by atoms with Gasteiger partial charge in [0.05, 0.1) is 6.61 Å². The number of ether oxygens (including phenoxy) is 1. The van der Waals surface area contributed by atoms with E-state index >= 15 is 0 Å². The van der Waals surface area contributed by atoms with Gasteiger partial charge in [0.25, 0.3) is 5.91 Å². The molecule has 4 nitrogen and oxygen atoms in total. The number of carbonyl (C=O) groups excluding carboxylic acids is 1. The molecule has 0 unspecified atom stereocenters.